The van der Waals surface area contributed by atoms with Gasteiger partial charge in [0.05, 0.1) is 6.04 Å². The Morgan fingerprint density at radius 1 is 0.889 bits per heavy atom. The number of amides is 1. The molecule has 0 spiro atoms. The van der Waals surface area contributed by atoms with E-state index in [2.05, 4.69) is 24.3 Å². The van der Waals surface area contributed by atoms with Gasteiger partial charge in [-0.15, -0.1) is 0 Å². The van der Waals surface area contributed by atoms with Crippen LogP contribution in [0.4, 0.5) is 0 Å². The standard InChI is InChI=1S/C23H25NO3/c25-23(19-8-7-16-4-1-2-5-17(16)14-19)24-11-3-6-20(24)18-9-10-21-22(15-18)27-13-12-26-21/h7-10,14-15,20H,1-6,11-13H2. The van der Waals surface area contributed by atoms with Gasteiger partial charge in [0.25, 0.3) is 5.91 Å². The molecule has 2 aromatic carbocycles. The van der Waals surface area contributed by atoms with E-state index in [9.17, 15) is 4.79 Å². The Balaban J connectivity index is 1.41. The van der Waals surface area contributed by atoms with E-state index in [-0.39, 0.29) is 11.9 Å². The maximum Gasteiger partial charge on any atom is 0.254 e. The van der Waals surface area contributed by atoms with Crippen molar-refractivity contribution in [3.05, 3.63) is 58.7 Å². The minimum atomic E-state index is 0.115. The highest BCUT2D eigenvalue weighted by atomic mass is 16.6. The first-order valence-corrected chi connectivity index (χ1v) is 10.1. The van der Waals surface area contributed by atoms with Gasteiger partial charge >= 0.3 is 0 Å². The monoisotopic (exact) mass is 363 g/mol. The van der Waals surface area contributed by atoms with Crippen molar-refractivity contribution in [3.8, 4) is 11.5 Å². The molecule has 0 aromatic heterocycles. The second kappa shape index (κ2) is 6.91. The van der Waals surface area contributed by atoms with E-state index in [1.54, 1.807) is 0 Å². The highest BCUT2D eigenvalue weighted by Gasteiger charge is 2.31. The summed E-state index contributed by atoms with van der Waals surface area (Å²) < 4.78 is 11.4. The lowest BCUT2D eigenvalue weighted by molar-refractivity contribution is 0.0735. The normalized spacial score (nSPS) is 21.0. The number of hydrogen-bond acceptors (Lipinski definition) is 3. The van der Waals surface area contributed by atoms with Gasteiger partial charge in [0.1, 0.15) is 13.2 Å². The van der Waals surface area contributed by atoms with E-state index in [1.807, 2.05) is 17.0 Å². The Labute approximate surface area is 160 Å². The Kier molecular flexibility index (Phi) is 4.27. The number of carbonyl (C=O) groups is 1. The third kappa shape index (κ3) is 3.07. The number of aryl methyl sites for hydroxylation is 2. The minimum Gasteiger partial charge on any atom is -0.486 e. The molecule has 5 rings (SSSR count). The lowest BCUT2D eigenvalue weighted by atomic mass is 9.90. The first-order valence-electron chi connectivity index (χ1n) is 10.1. The fourth-order valence-corrected chi connectivity index (χ4v) is 4.66. The van der Waals surface area contributed by atoms with Gasteiger partial charge in [-0.3, -0.25) is 4.79 Å². The molecule has 2 aliphatic heterocycles. The Morgan fingerprint density at radius 2 is 1.70 bits per heavy atom. The van der Waals surface area contributed by atoms with Crippen LogP contribution < -0.4 is 9.47 Å². The molecule has 1 amide bonds. The molecule has 0 radical (unpaired) electrons. The zero-order chi connectivity index (χ0) is 18.2. The Hall–Kier alpha value is -2.49. The summed E-state index contributed by atoms with van der Waals surface area (Å²) in [6.45, 7) is 1.99. The second-order valence-corrected chi connectivity index (χ2v) is 7.75. The van der Waals surface area contributed by atoms with Crippen LogP contribution in [-0.2, 0) is 12.8 Å². The van der Waals surface area contributed by atoms with Crippen molar-refractivity contribution in [1.29, 1.82) is 0 Å². The molecule has 2 aromatic rings. The molecule has 140 valence electrons. The molecular formula is C23H25NO3. The zero-order valence-corrected chi connectivity index (χ0v) is 15.6. The molecule has 2 heterocycles. The summed E-state index contributed by atoms with van der Waals surface area (Å²) in [4.78, 5) is 15.3. The maximum atomic E-state index is 13.3. The molecule has 4 nitrogen and oxygen atoms in total. The van der Waals surface area contributed by atoms with Gasteiger partial charge in [0.15, 0.2) is 11.5 Å². The van der Waals surface area contributed by atoms with Crippen molar-refractivity contribution in [2.45, 2.75) is 44.6 Å². The summed E-state index contributed by atoms with van der Waals surface area (Å²) in [5.41, 5.74) is 4.76. The second-order valence-electron chi connectivity index (χ2n) is 7.75. The van der Waals surface area contributed by atoms with Crippen LogP contribution in [-0.4, -0.2) is 30.6 Å². The number of rotatable bonds is 2. The van der Waals surface area contributed by atoms with E-state index in [0.717, 1.165) is 54.9 Å². The predicted octanol–water partition coefficient (Wildman–Crippen LogP) is 4.31. The molecule has 1 atom stereocenters. The van der Waals surface area contributed by atoms with Gasteiger partial charge in [-0.2, -0.15) is 0 Å². The number of ether oxygens (including phenoxy) is 2. The van der Waals surface area contributed by atoms with Crippen molar-refractivity contribution in [3.63, 3.8) is 0 Å². The summed E-state index contributed by atoms with van der Waals surface area (Å²) in [6, 6.07) is 12.5. The van der Waals surface area contributed by atoms with Gasteiger partial charge < -0.3 is 14.4 Å². The quantitative estimate of drug-likeness (QED) is 0.798. The van der Waals surface area contributed by atoms with Crippen LogP contribution in [0.2, 0.25) is 0 Å². The van der Waals surface area contributed by atoms with Crippen molar-refractivity contribution in [2.75, 3.05) is 19.8 Å². The fourth-order valence-electron chi connectivity index (χ4n) is 4.66. The van der Waals surface area contributed by atoms with Crippen molar-refractivity contribution < 1.29 is 14.3 Å². The molecule has 0 saturated carbocycles. The number of hydrogen-bond donors (Lipinski definition) is 0. The summed E-state index contributed by atoms with van der Waals surface area (Å²) in [5, 5.41) is 0. The molecule has 1 aliphatic carbocycles. The van der Waals surface area contributed by atoms with Crippen LogP contribution >= 0.6 is 0 Å². The molecular weight excluding hydrogens is 338 g/mol. The first-order chi connectivity index (χ1) is 13.3. The van der Waals surface area contributed by atoms with Crippen molar-refractivity contribution in [2.24, 2.45) is 0 Å². The largest absolute Gasteiger partial charge is 0.486 e. The van der Waals surface area contributed by atoms with Gasteiger partial charge in [-0.05, 0) is 79.5 Å². The van der Waals surface area contributed by atoms with Gasteiger partial charge in [0, 0.05) is 12.1 Å². The highest BCUT2D eigenvalue weighted by Crippen LogP contribution is 2.38. The maximum absolute atomic E-state index is 13.3. The van der Waals surface area contributed by atoms with E-state index in [4.69, 9.17) is 9.47 Å². The zero-order valence-electron chi connectivity index (χ0n) is 15.6. The molecule has 27 heavy (non-hydrogen) atoms. The molecule has 3 aliphatic rings. The molecule has 1 saturated heterocycles. The number of carbonyl (C=O) groups excluding carboxylic acids is 1. The van der Waals surface area contributed by atoms with Crippen LogP contribution in [0.25, 0.3) is 0 Å². The van der Waals surface area contributed by atoms with Gasteiger partial charge in [0.2, 0.25) is 0 Å². The van der Waals surface area contributed by atoms with Crippen molar-refractivity contribution in [1.82, 2.24) is 4.90 Å². The lowest BCUT2D eigenvalue weighted by Crippen LogP contribution is -2.31. The third-order valence-electron chi connectivity index (χ3n) is 6.06. The van der Waals surface area contributed by atoms with E-state index in [0.29, 0.717) is 13.2 Å². The van der Waals surface area contributed by atoms with Gasteiger partial charge in [-0.1, -0.05) is 12.1 Å². The van der Waals surface area contributed by atoms with Crippen LogP contribution in [0.1, 0.15) is 58.8 Å². The summed E-state index contributed by atoms with van der Waals surface area (Å²) in [5.74, 6) is 1.75. The minimum absolute atomic E-state index is 0.115. The third-order valence-corrected chi connectivity index (χ3v) is 6.06. The summed E-state index contributed by atoms with van der Waals surface area (Å²) in [7, 11) is 0. The number of fused-ring (bicyclic) bond motifs is 2. The molecule has 1 unspecified atom stereocenters. The van der Waals surface area contributed by atoms with E-state index < -0.39 is 0 Å². The number of likely N-dealkylation sites (tertiary alicyclic amines) is 1. The number of nitrogens with zero attached hydrogens (tertiary/aromatic N) is 1. The van der Waals surface area contributed by atoms with E-state index >= 15 is 0 Å². The Bertz CT molecular complexity index is 876. The van der Waals surface area contributed by atoms with Crippen molar-refractivity contribution >= 4 is 5.91 Å². The molecule has 0 N–H and O–H groups in total. The van der Waals surface area contributed by atoms with Crippen LogP contribution in [0.3, 0.4) is 0 Å². The predicted molar refractivity (Wildman–Crippen MR) is 104 cm³/mol. The SMILES string of the molecule is O=C(c1ccc2c(c1)CCCC2)N1CCCC1c1ccc2c(c1)OCCO2. The highest BCUT2D eigenvalue weighted by molar-refractivity contribution is 5.95. The van der Waals surface area contributed by atoms with Crippen LogP contribution in [0.5, 0.6) is 11.5 Å². The van der Waals surface area contributed by atoms with Crippen LogP contribution in [0.15, 0.2) is 36.4 Å². The molecule has 4 heteroatoms. The summed E-state index contributed by atoms with van der Waals surface area (Å²) >= 11 is 0. The average molecular weight is 363 g/mol. The first kappa shape index (κ1) is 16.7. The average Bonchev–Trinajstić information content (AvgIpc) is 3.22. The molecule has 0 bridgehead atoms. The fraction of sp³-hybridized carbons (Fsp3) is 0.435. The van der Waals surface area contributed by atoms with Gasteiger partial charge in [-0.25, -0.2) is 0 Å². The molecule has 1 fully saturated rings. The number of benzene rings is 2. The lowest BCUT2D eigenvalue weighted by Gasteiger charge is -2.27. The topological polar surface area (TPSA) is 38.8 Å². The van der Waals surface area contributed by atoms with E-state index in [1.165, 1.54) is 24.0 Å². The van der Waals surface area contributed by atoms with Crippen LogP contribution in [0, 0.1) is 0 Å². The Morgan fingerprint density at radius 3 is 2.59 bits per heavy atom. The smallest absolute Gasteiger partial charge is 0.254 e. The summed E-state index contributed by atoms with van der Waals surface area (Å²) in [6.07, 6.45) is 6.77.